The van der Waals surface area contributed by atoms with Gasteiger partial charge in [0.25, 0.3) is 11.8 Å². The van der Waals surface area contributed by atoms with Crippen molar-refractivity contribution in [2.75, 3.05) is 84.3 Å². The Balaban J connectivity index is 0.606. The lowest BCUT2D eigenvalue weighted by Gasteiger charge is -2.43. The van der Waals surface area contributed by atoms with Crippen LogP contribution in [0.3, 0.4) is 0 Å². The number of anilines is 1. The van der Waals surface area contributed by atoms with Crippen molar-refractivity contribution in [1.29, 1.82) is 0 Å². The molecule has 5 saturated heterocycles. The Labute approximate surface area is 406 Å². The number of benzene rings is 3. The van der Waals surface area contributed by atoms with Crippen molar-refractivity contribution in [3.63, 3.8) is 0 Å². The number of nitrogens with one attached hydrogen (secondary N) is 1. The maximum Gasteiger partial charge on any atom is 0.320 e. The Kier molecular flexibility index (Phi) is 12.8. The van der Waals surface area contributed by atoms with E-state index in [1.807, 2.05) is 71.6 Å². The van der Waals surface area contributed by atoms with Crippen LogP contribution in [0.2, 0.25) is 0 Å². The first kappa shape index (κ1) is 45.7. The molecule has 0 radical (unpaired) electrons. The Hall–Kier alpha value is -6.76. The quantitative estimate of drug-likeness (QED) is 0.178. The number of imide groups is 2. The third kappa shape index (κ3) is 9.10. The van der Waals surface area contributed by atoms with Crippen molar-refractivity contribution in [3.8, 4) is 22.8 Å². The first-order valence-corrected chi connectivity index (χ1v) is 25.1. The normalized spacial score (nSPS) is 21.7. The highest BCUT2D eigenvalue weighted by atomic mass is 16.5. The molecule has 1 unspecified atom stereocenters. The summed E-state index contributed by atoms with van der Waals surface area (Å²) in [7, 11) is 0. The average Bonchev–Trinajstić information content (AvgIpc) is 3.91. The number of carbonyl (C=O) groups excluding carboxylic acids is 5. The van der Waals surface area contributed by atoms with Gasteiger partial charge in [0.15, 0.2) is 5.65 Å². The second kappa shape index (κ2) is 19.6. The third-order valence-electron chi connectivity index (χ3n) is 15.6. The van der Waals surface area contributed by atoms with Gasteiger partial charge in [-0.3, -0.25) is 34.3 Å². The van der Waals surface area contributed by atoms with E-state index in [2.05, 4.69) is 39.6 Å². The van der Waals surface area contributed by atoms with Crippen LogP contribution >= 0.6 is 0 Å². The van der Waals surface area contributed by atoms with E-state index < -0.39 is 23.8 Å². The smallest absolute Gasteiger partial charge is 0.320 e. The van der Waals surface area contributed by atoms with Gasteiger partial charge in [-0.15, -0.1) is 0 Å². The predicted octanol–water partition coefficient (Wildman–Crippen LogP) is 4.99. The van der Waals surface area contributed by atoms with E-state index in [-0.39, 0.29) is 36.7 Å². The van der Waals surface area contributed by atoms with Crippen molar-refractivity contribution < 1.29 is 28.7 Å². The molecule has 6 aliphatic heterocycles. The molecule has 8 heterocycles. The zero-order valence-electron chi connectivity index (χ0n) is 39.5. The van der Waals surface area contributed by atoms with Gasteiger partial charge in [-0.25, -0.2) is 19.4 Å². The summed E-state index contributed by atoms with van der Waals surface area (Å²) in [6.45, 7) is 10.5. The monoisotopic (exact) mass is 948 g/mol. The Morgan fingerprint density at radius 1 is 0.671 bits per heavy atom. The number of amides is 6. The van der Waals surface area contributed by atoms with Crippen molar-refractivity contribution in [2.24, 2.45) is 0 Å². The molecule has 3 aromatic carbocycles. The zero-order valence-corrected chi connectivity index (χ0v) is 39.5. The van der Waals surface area contributed by atoms with Crippen molar-refractivity contribution in [1.82, 2.24) is 54.5 Å². The van der Waals surface area contributed by atoms with E-state index in [1.54, 1.807) is 6.07 Å². The van der Waals surface area contributed by atoms with Crippen LogP contribution in [0.15, 0.2) is 79.1 Å². The highest BCUT2D eigenvalue weighted by molar-refractivity contribution is 6.23. The van der Waals surface area contributed by atoms with Crippen LogP contribution in [-0.2, 0) is 9.59 Å². The summed E-state index contributed by atoms with van der Waals surface area (Å²) in [6, 6.07) is 23.0. The number of urea groups is 1. The minimum absolute atomic E-state index is 0.0980. The Bertz CT molecular complexity index is 2770. The fourth-order valence-electron chi connectivity index (χ4n) is 11.6. The summed E-state index contributed by atoms with van der Waals surface area (Å²) in [5.41, 5.74) is 10.6. The number of aromatic nitrogens is 4. The highest BCUT2D eigenvalue weighted by Gasteiger charge is 2.45. The molecule has 70 heavy (non-hydrogen) atoms. The van der Waals surface area contributed by atoms with Crippen LogP contribution in [0, 0.1) is 0 Å². The topological polar surface area (TPSA) is 196 Å². The van der Waals surface area contributed by atoms with Crippen LogP contribution in [0.25, 0.3) is 22.3 Å². The largest absolute Gasteiger partial charge is 0.457 e. The summed E-state index contributed by atoms with van der Waals surface area (Å²) in [6.07, 6.45) is 7.52. The number of fused-ring (bicyclic) bond motifs is 2. The average molecular weight is 949 g/mol. The molecule has 0 spiro atoms. The van der Waals surface area contributed by atoms with E-state index in [0.29, 0.717) is 23.0 Å². The minimum Gasteiger partial charge on any atom is -0.457 e. The summed E-state index contributed by atoms with van der Waals surface area (Å²) >= 11 is 0. The maximum absolute atomic E-state index is 13.7. The summed E-state index contributed by atoms with van der Waals surface area (Å²) in [5.74, 6) is 0.296. The van der Waals surface area contributed by atoms with Crippen molar-refractivity contribution in [2.45, 2.75) is 75.4 Å². The third-order valence-corrected chi connectivity index (χ3v) is 15.6. The van der Waals surface area contributed by atoms with Gasteiger partial charge in [-0.05, 0) is 118 Å². The number of rotatable bonds is 10. The number of para-hydroxylation sites is 1. The number of likely N-dealkylation sites (tertiary alicyclic amines) is 3. The van der Waals surface area contributed by atoms with Gasteiger partial charge in [0.2, 0.25) is 11.8 Å². The van der Waals surface area contributed by atoms with E-state index in [0.717, 1.165) is 161 Å². The van der Waals surface area contributed by atoms with Gasteiger partial charge in [-0.2, -0.15) is 5.10 Å². The number of hydrogen-bond donors (Lipinski definition) is 2. The second-order valence-corrected chi connectivity index (χ2v) is 19.7. The van der Waals surface area contributed by atoms with Gasteiger partial charge >= 0.3 is 6.03 Å². The predicted molar refractivity (Wildman–Crippen MR) is 261 cm³/mol. The molecule has 6 aliphatic rings. The maximum atomic E-state index is 13.7. The summed E-state index contributed by atoms with van der Waals surface area (Å²) in [4.78, 5) is 86.2. The fraction of sp³-hybridized carbons (Fsp3) is 0.462. The van der Waals surface area contributed by atoms with Crippen LogP contribution in [-0.4, -0.2) is 169 Å². The molecule has 0 saturated carbocycles. The number of nitrogens with two attached hydrogens (primary N) is 1. The van der Waals surface area contributed by atoms with Gasteiger partial charge < -0.3 is 30.1 Å². The van der Waals surface area contributed by atoms with E-state index in [9.17, 15) is 24.0 Å². The molecular weight excluding hydrogens is 889 g/mol. The van der Waals surface area contributed by atoms with Crippen molar-refractivity contribution >= 4 is 46.5 Å². The van der Waals surface area contributed by atoms with Gasteiger partial charge in [0, 0.05) is 83.5 Å². The summed E-state index contributed by atoms with van der Waals surface area (Å²) < 4.78 is 8.09. The van der Waals surface area contributed by atoms with Crippen molar-refractivity contribution in [3.05, 3.63) is 95.8 Å². The van der Waals surface area contributed by atoms with Gasteiger partial charge in [0.05, 0.1) is 22.6 Å². The Morgan fingerprint density at radius 3 is 2.04 bits per heavy atom. The lowest BCUT2D eigenvalue weighted by molar-refractivity contribution is -0.136. The fourth-order valence-corrected chi connectivity index (χ4v) is 11.6. The molecule has 5 aromatic rings. The molecule has 0 aliphatic carbocycles. The van der Waals surface area contributed by atoms with E-state index in [4.69, 9.17) is 15.6 Å². The van der Waals surface area contributed by atoms with Crippen LogP contribution in [0.4, 0.5) is 10.6 Å². The number of ether oxygens (including phenoxy) is 1. The lowest BCUT2D eigenvalue weighted by Crippen LogP contribution is -2.56. The number of hydrogen-bond acceptors (Lipinski definition) is 13. The molecule has 11 rings (SSSR count). The standard InChI is InChI=1S/C52H60N12O6/c53-47-45-46(35-6-9-40(10-7-35)70-39-4-2-1-3-5-39)57-64(48(45)55-33-54-47)38-18-22-60(23-19-38)37-16-24-61(25-17-37)52(69)62-30-28-59(29-31-62)27-26-58-20-14-34(15-21-58)36-8-11-41-42(32-36)51(68)63(50(41)67)43-12-13-44(65)56-49(43)66/h1-11,32-34,37-38,43H,12-31H2,(H2,53,54,55)(H,56,65,66). The van der Waals surface area contributed by atoms with E-state index in [1.165, 1.54) is 6.33 Å². The van der Waals surface area contributed by atoms with Gasteiger partial charge in [0.1, 0.15) is 35.4 Å². The molecular formula is C52H60N12O6. The molecule has 18 nitrogen and oxygen atoms in total. The Morgan fingerprint density at radius 2 is 1.33 bits per heavy atom. The summed E-state index contributed by atoms with van der Waals surface area (Å²) in [5, 5.41) is 8.16. The van der Waals surface area contributed by atoms with Crippen LogP contribution in [0.1, 0.15) is 89.6 Å². The molecule has 6 amide bonds. The van der Waals surface area contributed by atoms with E-state index >= 15 is 0 Å². The molecule has 364 valence electrons. The minimum atomic E-state index is -0.963. The number of nitrogen functional groups attached to an aromatic ring is 1. The first-order valence-electron chi connectivity index (χ1n) is 25.1. The number of nitrogens with zero attached hydrogens (tertiary/aromatic N) is 10. The molecule has 1 atom stereocenters. The molecule has 0 bridgehead atoms. The first-order chi connectivity index (χ1) is 34.1. The molecule has 5 fully saturated rings. The van der Waals surface area contributed by atoms with Crippen LogP contribution < -0.4 is 15.8 Å². The second-order valence-electron chi connectivity index (χ2n) is 19.7. The highest BCUT2D eigenvalue weighted by Crippen LogP contribution is 2.37. The zero-order chi connectivity index (χ0) is 47.9. The molecule has 18 heteroatoms. The number of piperazine rings is 1. The van der Waals surface area contributed by atoms with Crippen LogP contribution in [0.5, 0.6) is 11.5 Å². The number of piperidine rings is 4. The SMILES string of the molecule is Nc1ncnc2c1c(-c1ccc(Oc3ccccc3)cc1)nn2C1CCN(C2CCN(C(=O)N3CCN(CCN4CCC(c5ccc6c(c5)C(=O)N(C5CCC(=O)NC5=O)C6=O)CC4)CC3)CC2)CC1. The van der Waals surface area contributed by atoms with Gasteiger partial charge in [-0.1, -0.05) is 24.3 Å². The molecule has 2 aromatic heterocycles. The number of carbonyl (C=O) groups is 5. The lowest BCUT2D eigenvalue weighted by atomic mass is 9.88. The molecule has 3 N–H and O–H groups in total.